The summed E-state index contributed by atoms with van der Waals surface area (Å²) in [5.74, 6) is -0.215. The third-order valence-electron chi connectivity index (χ3n) is 4.16. The van der Waals surface area contributed by atoms with Gasteiger partial charge in [-0.2, -0.15) is 0 Å². The average Bonchev–Trinajstić information content (AvgIpc) is 3.17. The molecule has 2 atom stereocenters. The largest absolute Gasteiger partial charge is 0.383 e. The Morgan fingerprint density at radius 3 is 3.00 bits per heavy atom. The fraction of sp³-hybridized carbons (Fsp3) is 0.353. The molecule has 0 radical (unpaired) electrons. The van der Waals surface area contributed by atoms with Gasteiger partial charge in [0.1, 0.15) is 11.4 Å². The van der Waals surface area contributed by atoms with Gasteiger partial charge in [-0.05, 0) is 48.4 Å². The Morgan fingerprint density at radius 2 is 2.26 bits per heavy atom. The van der Waals surface area contributed by atoms with Gasteiger partial charge < -0.3 is 15.7 Å². The number of amides is 2. The number of fused-ring (bicyclic) bond motifs is 1. The molecular weight excluding hydrogens is 315 g/mol. The van der Waals surface area contributed by atoms with Crippen LogP contribution in [0.4, 0.5) is 9.18 Å². The normalized spacial score (nSPS) is 19.0. The van der Waals surface area contributed by atoms with Gasteiger partial charge in [0.15, 0.2) is 0 Å². The van der Waals surface area contributed by atoms with Crippen molar-refractivity contribution in [2.45, 2.75) is 31.4 Å². The summed E-state index contributed by atoms with van der Waals surface area (Å²) in [6, 6.07) is 8.10. The van der Waals surface area contributed by atoms with Gasteiger partial charge >= 0.3 is 6.03 Å². The fourth-order valence-corrected chi connectivity index (χ4v) is 3.68. The maximum atomic E-state index is 13.7. The van der Waals surface area contributed by atoms with Gasteiger partial charge in [0.2, 0.25) is 0 Å². The van der Waals surface area contributed by atoms with E-state index in [-0.39, 0.29) is 24.4 Å². The number of nitrogens with one attached hydrogen (secondary N) is 2. The molecule has 0 spiro atoms. The van der Waals surface area contributed by atoms with Crippen LogP contribution in [0.5, 0.6) is 0 Å². The molecule has 1 heterocycles. The van der Waals surface area contributed by atoms with Crippen molar-refractivity contribution in [3.8, 4) is 0 Å². The van der Waals surface area contributed by atoms with E-state index < -0.39 is 5.60 Å². The first kappa shape index (κ1) is 16.0. The average molecular weight is 334 g/mol. The number of benzene rings is 1. The summed E-state index contributed by atoms with van der Waals surface area (Å²) >= 11 is 1.44. The van der Waals surface area contributed by atoms with E-state index in [1.807, 2.05) is 23.6 Å². The summed E-state index contributed by atoms with van der Waals surface area (Å²) in [4.78, 5) is 12.9. The molecule has 1 aromatic heterocycles. The number of hydrogen-bond donors (Lipinski definition) is 3. The smallest absolute Gasteiger partial charge is 0.315 e. The Kier molecular flexibility index (Phi) is 4.37. The molecule has 1 aliphatic carbocycles. The minimum atomic E-state index is -1.11. The number of thiophene rings is 1. The third-order valence-corrected chi connectivity index (χ3v) is 5.29. The molecule has 3 rings (SSSR count). The molecule has 0 bridgehead atoms. The van der Waals surface area contributed by atoms with Crippen LogP contribution in [-0.2, 0) is 12.0 Å². The lowest BCUT2D eigenvalue weighted by Crippen LogP contribution is -2.44. The van der Waals surface area contributed by atoms with Gasteiger partial charge in [-0.1, -0.05) is 18.2 Å². The highest BCUT2D eigenvalue weighted by Crippen LogP contribution is 2.32. The first-order valence-corrected chi connectivity index (χ1v) is 8.43. The van der Waals surface area contributed by atoms with Crippen LogP contribution in [0, 0.1) is 5.82 Å². The first-order chi connectivity index (χ1) is 11.0. The van der Waals surface area contributed by atoms with Crippen LogP contribution >= 0.6 is 11.3 Å². The van der Waals surface area contributed by atoms with Crippen LogP contribution in [0.3, 0.4) is 0 Å². The van der Waals surface area contributed by atoms with Crippen LogP contribution in [-0.4, -0.2) is 17.7 Å². The molecule has 1 aliphatic rings. The van der Waals surface area contributed by atoms with Crippen LogP contribution < -0.4 is 10.6 Å². The van der Waals surface area contributed by atoms with Crippen molar-refractivity contribution in [3.05, 3.63) is 57.5 Å². The minimum Gasteiger partial charge on any atom is -0.383 e. The quantitative estimate of drug-likeness (QED) is 0.805. The minimum absolute atomic E-state index is 0.113. The van der Waals surface area contributed by atoms with Gasteiger partial charge in [-0.25, -0.2) is 9.18 Å². The summed E-state index contributed by atoms with van der Waals surface area (Å²) in [5, 5.41) is 17.8. The Hall–Kier alpha value is -1.92. The molecule has 4 nitrogen and oxygen atoms in total. The maximum absolute atomic E-state index is 13.7. The molecular formula is C17H19FN2O2S. The van der Waals surface area contributed by atoms with Crippen molar-refractivity contribution in [2.24, 2.45) is 0 Å². The van der Waals surface area contributed by atoms with E-state index >= 15 is 0 Å². The number of hydrogen-bond acceptors (Lipinski definition) is 3. The third kappa shape index (κ3) is 3.38. The van der Waals surface area contributed by atoms with E-state index in [1.165, 1.54) is 17.4 Å². The summed E-state index contributed by atoms with van der Waals surface area (Å²) < 4.78 is 13.7. The second-order valence-electron chi connectivity index (χ2n) is 5.98. The Labute approximate surface area is 138 Å². The first-order valence-electron chi connectivity index (χ1n) is 7.55. The zero-order valence-electron chi connectivity index (χ0n) is 12.8. The van der Waals surface area contributed by atoms with Crippen molar-refractivity contribution in [1.82, 2.24) is 10.6 Å². The second kappa shape index (κ2) is 6.29. The summed E-state index contributed by atoms with van der Waals surface area (Å²) in [5.41, 5.74) is 0.416. The molecule has 0 fully saturated rings. The van der Waals surface area contributed by atoms with E-state index in [0.717, 1.165) is 10.4 Å². The zero-order valence-corrected chi connectivity index (χ0v) is 13.6. The van der Waals surface area contributed by atoms with E-state index in [9.17, 15) is 14.3 Å². The fourth-order valence-electron chi connectivity index (χ4n) is 2.89. The predicted octanol–water partition coefficient (Wildman–Crippen LogP) is 3.08. The standard InChI is InChI=1S/C17H19FN2O2S/c1-17(22,15-6-3-9-23-15)10-19-16(21)20-14-8-7-11-12(14)4-2-5-13(11)18/h2-6,9,14,22H,7-8,10H2,1H3,(H2,19,20,21). The van der Waals surface area contributed by atoms with E-state index in [2.05, 4.69) is 10.6 Å². The van der Waals surface area contributed by atoms with Crippen molar-refractivity contribution in [2.75, 3.05) is 6.54 Å². The zero-order chi connectivity index (χ0) is 16.4. The molecule has 1 aromatic carbocycles. The Morgan fingerprint density at radius 1 is 1.43 bits per heavy atom. The Bertz CT molecular complexity index is 701. The molecule has 2 amide bonds. The number of halogens is 1. The van der Waals surface area contributed by atoms with Crippen molar-refractivity contribution >= 4 is 17.4 Å². The van der Waals surface area contributed by atoms with Gasteiger partial charge in [0.05, 0.1) is 12.6 Å². The molecule has 23 heavy (non-hydrogen) atoms. The molecule has 3 N–H and O–H groups in total. The topological polar surface area (TPSA) is 61.4 Å². The molecule has 2 aromatic rings. The monoisotopic (exact) mass is 334 g/mol. The molecule has 2 unspecified atom stereocenters. The number of carbonyl (C=O) groups is 1. The SMILES string of the molecule is CC(O)(CNC(=O)NC1CCc2c(F)cccc21)c1cccs1. The highest BCUT2D eigenvalue weighted by molar-refractivity contribution is 7.10. The number of carbonyl (C=O) groups excluding carboxylic acids is 1. The molecule has 0 saturated heterocycles. The molecule has 0 saturated carbocycles. The van der Waals surface area contributed by atoms with Gasteiger partial charge in [0.25, 0.3) is 0 Å². The van der Waals surface area contributed by atoms with Gasteiger partial charge in [0, 0.05) is 4.88 Å². The lowest BCUT2D eigenvalue weighted by Gasteiger charge is -2.23. The van der Waals surface area contributed by atoms with Crippen LogP contribution in [0.2, 0.25) is 0 Å². The van der Waals surface area contributed by atoms with Crippen LogP contribution in [0.1, 0.15) is 35.4 Å². The van der Waals surface area contributed by atoms with Gasteiger partial charge in [-0.15, -0.1) is 11.3 Å². The predicted molar refractivity (Wildman–Crippen MR) is 87.9 cm³/mol. The van der Waals surface area contributed by atoms with Crippen molar-refractivity contribution in [1.29, 1.82) is 0 Å². The molecule has 122 valence electrons. The molecule has 0 aliphatic heterocycles. The van der Waals surface area contributed by atoms with Crippen LogP contribution in [0.25, 0.3) is 0 Å². The number of rotatable bonds is 4. The summed E-state index contributed by atoms with van der Waals surface area (Å²) in [6.07, 6.45) is 1.31. The summed E-state index contributed by atoms with van der Waals surface area (Å²) in [6.45, 7) is 1.78. The van der Waals surface area contributed by atoms with E-state index in [0.29, 0.717) is 18.4 Å². The number of urea groups is 1. The van der Waals surface area contributed by atoms with Gasteiger partial charge in [-0.3, -0.25) is 0 Å². The van der Waals surface area contributed by atoms with Crippen LogP contribution in [0.15, 0.2) is 35.7 Å². The molecule has 6 heteroatoms. The maximum Gasteiger partial charge on any atom is 0.315 e. The lowest BCUT2D eigenvalue weighted by molar-refractivity contribution is 0.0630. The summed E-state index contributed by atoms with van der Waals surface area (Å²) in [7, 11) is 0. The lowest BCUT2D eigenvalue weighted by atomic mass is 10.1. The van der Waals surface area contributed by atoms with Crippen molar-refractivity contribution in [3.63, 3.8) is 0 Å². The van der Waals surface area contributed by atoms with Crippen molar-refractivity contribution < 1.29 is 14.3 Å². The number of aliphatic hydroxyl groups is 1. The highest BCUT2D eigenvalue weighted by Gasteiger charge is 2.28. The van der Waals surface area contributed by atoms with E-state index in [4.69, 9.17) is 0 Å². The second-order valence-corrected chi connectivity index (χ2v) is 6.92. The van der Waals surface area contributed by atoms with E-state index in [1.54, 1.807) is 13.0 Å². The highest BCUT2D eigenvalue weighted by atomic mass is 32.1. The Balaban J connectivity index is 1.58.